The second-order valence-corrected chi connectivity index (χ2v) is 8.85. The zero-order chi connectivity index (χ0) is 20.3. The van der Waals surface area contributed by atoms with E-state index >= 15 is 0 Å². The van der Waals surface area contributed by atoms with Gasteiger partial charge in [0, 0.05) is 43.5 Å². The van der Waals surface area contributed by atoms with Crippen LogP contribution in [0.4, 0.5) is 0 Å². The Morgan fingerprint density at radius 1 is 1.20 bits per heavy atom. The summed E-state index contributed by atoms with van der Waals surface area (Å²) in [7, 11) is 0. The number of nitrogens with one attached hydrogen (secondary N) is 2. The summed E-state index contributed by atoms with van der Waals surface area (Å²) in [6.07, 6.45) is 3.72. The normalized spacial score (nSPS) is 16.3. The van der Waals surface area contributed by atoms with Crippen LogP contribution in [-0.2, 0) is 17.7 Å². The summed E-state index contributed by atoms with van der Waals surface area (Å²) in [6.45, 7) is 10.6. The molecule has 1 saturated heterocycles. The standard InChI is InChI=1S/C22H34N4O2S.HI/c1-18(2)15-19(26-9-12-27-13-10-26)16-24-22(25-17-21-6-4-14-29-21)23-8-7-20-5-3-11-28-20;/h3-6,11,14,18-19H,7-10,12-13,15-17H2,1-2H3,(H2,23,24,25);1H. The minimum atomic E-state index is 0. The van der Waals surface area contributed by atoms with Crippen LogP contribution >= 0.6 is 35.3 Å². The maximum Gasteiger partial charge on any atom is 0.191 e. The van der Waals surface area contributed by atoms with Crippen LogP contribution < -0.4 is 10.6 Å². The van der Waals surface area contributed by atoms with E-state index in [9.17, 15) is 0 Å². The first-order valence-corrected chi connectivity index (χ1v) is 11.5. The highest BCUT2D eigenvalue weighted by Gasteiger charge is 2.22. The Hall–Kier alpha value is -1.10. The van der Waals surface area contributed by atoms with Crippen molar-refractivity contribution < 1.29 is 9.15 Å². The number of thiophene rings is 1. The van der Waals surface area contributed by atoms with Crippen LogP contribution in [-0.4, -0.2) is 56.3 Å². The van der Waals surface area contributed by atoms with E-state index < -0.39 is 0 Å². The van der Waals surface area contributed by atoms with Gasteiger partial charge >= 0.3 is 0 Å². The molecular weight excluding hydrogens is 511 g/mol. The number of halogens is 1. The molecule has 0 aromatic carbocycles. The predicted molar refractivity (Wildman–Crippen MR) is 135 cm³/mol. The van der Waals surface area contributed by atoms with Crippen molar-refractivity contribution in [1.82, 2.24) is 15.5 Å². The second-order valence-electron chi connectivity index (χ2n) is 7.81. The minimum absolute atomic E-state index is 0. The van der Waals surface area contributed by atoms with Crippen molar-refractivity contribution in [2.45, 2.75) is 39.3 Å². The summed E-state index contributed by atoms with van der Waals surface area (Å²) in [6, 6.07) is 8.62. The number of rotatable bonds is 10. The van der Waals surface area contributed by atoms with E-state index in [2.05, 4.69) is 46.9 Å². The van der Waals surface area contributed by atoms with Crippen molar-refractivity contribution in [3.05, 3.63) is 46.5 Å². The van der Waals surface area contributed by atoms with Gasteiger partial charge in [-0.15, -0.1) is 35.3 Å². The molecule has 0 aliphatic carbocycles. The molecule has 1 unspecified atom stereocenters. The Morgan fingerprint density at radius 2 is 2.03 bits per heavy atom. The van der Waals surface area contributed by atoms with Crippen LogP contribution in [0.5, 0.6) is 0 Å². The van der Waals surface area contributed by atoms with E-state index in [1.54, 1.807) is 17.6 Å². The van der Waals surface area contributed by atoms with Crippen LogP contribution in [0.15, 0.2) is 45.3 Å². The van der Waals surface area contributed by atoms with E-state index in [-0.39, 0.29) is 24.0 Å². The maximum absolute atomic E-state index is 5.54. The average Bonchev–Trinajstić information content (AvgIpc) is 3.43. The maximum atomic E-state index is 5.54. The van der Waals surface area contributed by atoms with E-state index in [1.165, 1.54) is 4.88 Å². The first-order valence-electron chi connectivity index (χ1n) is 10.6. The second kappa shape index (κ2) is 14.1. The van der Waals surface area contributed by atoms with Crippen LogP contribution in [0.2, 0.25) is 0 Å². The summed E-state index contributed by atoms with van der Waals surface area (Å²) in [5.74, 6) is 2.51. The molecule has 2 aromatic heterocycles. The molecule has 2 N–H and O–H groups in total. The van der Waals surface area contributed by atoms with Gasteiger partial charge in [-0.3, -0.25) is 4.90 Å². The molecule has 0 bridgehead atoms. The fourth-order valence-electron chi connectivity index (χ4n) is 3.56. The third-order valence-corrected chi connectivity index (χ3v) is 5.89. The molecule has 168 valence electrons. The number of morpholine rings is 1. The Balaban J connectivity index is 0.00000320. The van der Waals surface area contributed by atoms with Gasteiger partial charge in [0.05, 0.1) is 26.0 Å². The Kier molecular flexibility index (Phi) is 11.8. The number of hydrogen-bond donors (Lipinski definition) is 2. The fourth-order valence-corrected chi connectivity index (χ4v) is 4.18. The molecule has 1 aliphatic heterocycles. The first kappa shape index (κ1) is 25.2. The summed E-state index contributed by atoms with van der Waals surface area (Å²) in [5.41, 5.74) is 0. The lowest BCUT2D eigenvalue weighted by molar-refractivity contribution is 0.0132. The molecule has 1 atom stereocenters. The zero-order valence-corrected chi connectivity index (χ0v) is 21.2. The van der Waals surface area contributed by atoms with E-state index in [4.69, 9.17) is 14.1 Å². The number of nitrogens with zero attached hydrogens (tertiary/aromatic N) is 2. The number of aliphatic imine (C=N–C) groups is 1. The molecular formula is C22H35IN4O2S. The lowest BCUT2D eigenvalue weighted by atomic mass is 10.0. The molecule has 3 rings (SSSR count). The lowest BCUT2D eigenvalue weighted by Crippen LogP contribution is -2.51. The van der Waals surface area contributed by atoms with Gasteiger partial charge in [0.1, 0.15) is 5.76 Å². The van der Waals surface area contributed by atoms with Crippen molar-refractivity contribution in [3.8, 4) is 0 Å². The molecule has 1 aliphatic rings. The smallest absolute Gasteiger partial charge is 0.191 e. The van der Waals surface area contributed by atoms with Crippen molar-refractivity contribution in [1.29, 1.82) is 0 Å². The van der Waals surface area contributed by atoms with Gasteiger partial charge in [0.15, 0.2) is 5.96 Å². The molecule has 6 nitrogen and oxygen atoms in total. The van der Waals surface area contributed by atoms with Gasteiger partial charge in [-0.2, -0.15) is 0 Å². The largest absolute Gasteiger partial charge is 0.469 e. The third-order valence-electron chi connectivity index (χ3n) is 5.03. The first-order chi connectivity index (χ1) is 14.2. The van der Waals surface area contributed by atoms with Crippen LogP contribution in [0.1, 0.15) is 30.9 Å². The Bertz CT molecular complexity index is 701. The zero-order valence-electron chi connectivity index (χ0n) is 18.0. The lowest BCUT2D eigenvalue weighted by Gasteiger charge is -2.35. The highest BCUT2D eigenvalue weighted by molar-refractivity contribution is 14.0. The van der Waals surface area contributed by atoms with Crippen molar-refractivity contribution in [3.63, 3.8) is 0 Å². The highest BCUT2D eigenvalue weighted by atomic mass is 127. The van der Waals surface area contributed by atoms with Gasteiger partial charge in [-0.1, -0.05) is 19.9 Å². The van der Waals surface area contributed by atoms with Gasteiger partial charge in [0.25, 0.3) is 0 Å². The van der Waals surface area contributed by atoms with Crippen molar-refractivity contribution in [2.24, 2.45) is 10.9 Å². The van der Waals surface area contributed by atoms with Crippen LogP contribution in [0.3, 0.4) is 0 Å². The molecule has 0 saturated carbocycles. The number of guanidine groups is 1. The Labute approximate surface area is 201 Å². The summed E-state index contributed by atoms with van der Waals surface area (Å²) >= 11 is 1.74. The fraction of sp³-hybridized carbons (Fsp3) is 0.591. The molecule has 30 heavy (non-hydrogen) atoms. The SMILES string of the molecule is CC(C)CC(CNC(=NCc1cccs1)NCCc1ccco1)N1CCOCC1.I. The summed E-state index contributed by atoms with van der Waals surface area (Å²) in [5, 5.41) is 9.16. The third kappa shape index (κ3) is 8.95. The van der Waals surface area contributed by atoms with E-state index in [0.29, 0.717) is 18.5 Å². The van der Waals surface area contributed by atoms with Crippen molar-refractivity contribution in [2.75, 3.05) is 39.4 Å². The molecule has 8 heteroatoms. The van der Waals surface area contributed by atoms with Gasteiger partial charge in [0.2, 0.25) is 0 Å². The molecule has 2 aromatic rings. The van der Waals surface area contributed by atoms with Crippen LogP contribution in [0.25, 0.3) is 0 Å². The van der Waals surface area contributed by atoms with E-state index in [1.807, 2.05) is 12.1 Å². The molecule has 0 amide bonds. The summed E-state index contributed by atoms with van der Waals surface area (Å²) < 4.78 is 11.0. The minimum Gasteiger partial charge on any atom is -0.469 e. The molecule has 0 spiro atoms. The van der Waals surface area contributed by atoms with Crippen molar-refractivity contribution >= 4 is 41.3 Å². The highest BCUT2D eigenvalue weighted by Crippen LogP contribution is 2.13. The quantitative estimate of drug-likeness (QED) is 0.268. The Morgan fingerprint density at radius 3 is 2.70 bits per heavy atom. The van der Waals surface area contributed by atoms with Crippen LogP contribution in [0, 0.1) is 5.92 Å². The molecule has 1 fully saturated rings. The topological polar surface area (TPSA) is 62.0 Å². The monoisotopic (exact) mass is 546 g/mol. The molecule has 0 radical (unpaired) electrons. The van der Waals surface area contributed by atoms with Gasteiger partial charge in [-0.05, 0) is 35.9 Å². The molecule has 3 heterocycles. The van der Waals surface area contributed by atoms with Gasteiger partial charge in [-0.25, -0.2) is 4.99 Å². The van der Waals surface area contributed by atoms with E-state index in [0.717, 1.165) is 64.0 Å². The average molecular weight is 547 g/mol. The number of furan rings is 1. The predicted octanol–water partition coefficient (Wildman–Crippen LogP) is 3.98. The number of hydrogen-bond acceptors (Lipinski definition) is 5. The van der Waals surface area contributed by atoms with Gasteiger partial charge < -0.3 is 19.8 Å². The summed E-state index contributed by atoms with van der Waals surface area (Å²) in [4.78, 5) is 8.63. The number of ether oxygens (including phenoxy) is 1.